The van der Waals surface area contributed by atoms with Crippen LogP contribution >= 0.6 is 0 Å². The highest BCUT2D eigenvalue weighted by atomic mass is 19.4. The molecule has 106 valence electrons. The Hall–Kier alpha value is -2.07. The molecule has 1 heterocycles. The van der Waals surface area contributed by atoms with E-state index in [0.717, 1.165) is 0 Å². The number of hydrogen-bond acceptors (Lipinski definition) is 4. The Morgan fingerprint density at radius 2 is 1.79 bits per heavy atom. The third-order valence-corrected chi connectivity index (χ3v) is 1.96. The molecule has 0 spiro atoms. The Morgan fingerprint density at radius 3 is 2.16 bits per heavy atom. The van der Waals surface area contributed by atoms with Crippen LogP contribution < -0.4 is 4.74 Å². The van der Waals surface area contributed by atoms with Crippen LogP contribution in [0.2, 0.25) is 0 Å². The second-order valence-electron chi connectivity index (χ2n) is 3.25. The molecule has 0 fully saturated rings. The standard InChI is InChI=1S/C8H4F6N2O3/c1-3-4(7(9,10)11)2-15-6(16(17)18)5(3)19-8(12,13)14/h2H,1H3. The van der Waals surface area contributed by atoms with E-state index in [4.69, 9.17) is 0 Å². The Labute approximate surface area is 101 Å². The fourth-order valence-corrected chi connectivity index (χ4v) is 1.22. The van der Waals surface area contributed by atoms with Gasteiger partial charge in [-0.2, -0.15) is 13.2 Å². The summed E-state index contributed by atoms with van der Waals surface area (Å²) in [6.45, 7) is 0.624. The molecule has 1 aromatic rings. The van der Waals surface area contributed by atoms with E-state index in [-0.39, 0.29) is 6.20 Å². The van der Waals surface area contributed by atoms with E-state index in [9.17, 15) is 36.5 Å². The van der Waals surface area contributed by atoms with Crippen molar-refractivity contribution in [3.8, 4) is 5.75 Å². The number of halogens is 6. The van der Waals surface area contributed by atoms with Gasteiger partial charge in [0.2, 0.25) is 5.75 Å². The molecule has 0 aliphatic heterocycles. The third-order valence-electron chi connectivity index (χ3n) is 1.96. The minimum absolute atomic E-state index is 0.0801. The van der Waals surface area contributed by atoms with Gasteiger partial charge >= 0.3 is 18.4 Å². The largest absolute Gasteiger partial charge is 0.573 e. The zero-order chi connectivity index (χ0) is 15.0. The van der Waals surface area contributed by atoms with Gasteiger partial charge in [0.1, 0.15) is 5.56 Å². The third kappa shape index (κ3) is 3.45. The van der Waals surface area contributed by atoms with Gasteiger partial charge in [-0.3, -0.25) is 0 Å². The molecule has 0 saturated heterocycles. The lowest BCUT2D eigenvalue weighted by Gasteiger charge is -2.14. The molecule has 0 aliphatic carbocycles. The normalized spacial score (nSPS) is 12.4. The van der Waals surface area contributed by atoms with Crippen LogP contribution in [0.25, 0.3) is 0 Å². The average Bonchev–Trinajstić information content (AvgIpc) is 2.16. The Balaban J connectivity index is 3.49. The van der Waals surface area contributed by atoms with Gasteiger partial charge in [0.05, 0.1) is 0 Å². The molecule has 19 heavy (non-hydrogen) atoms. The van der Waals surface area contributed by atoms with E-state index < -0.39 is 40.2 Å². The zero-order valence-electron chi connectivity index (χ0n) is 8.96. The van der Waals surface area contributed by atoms with Gasteiger partial charge in [-0.25, -0.2) is 0 Å². The molecule has 0 saturated carbocycles. The smallest absolute Gasteiger partial charge is 0.396 e. The molecule has 0 atom stereocenters. The zero-order valence-corrected chi connectivity index (χ0v) is 8.96. The lowest BCUT2D eigenvalue weighted by Crippen LogP contribution is -2.20. The summed E-state index contributed by atoms with van der Waals surface area (Å²) in [5.41, 5.74) is -2.61. The maximum atomic E-state index is 12.4. The highest BCUT2D eigenvalue weighted by Gasteiger charge is 2.41. The second-order valence-corrected chi connectivity index (χ2v) is 3.25. The molecular weight excluding hydrogens is 286 g/mol. The van der Waals surface area contributed by atoms with Crippen LogP contribution in [0.15, 0.2) is 6.20 Å². The number of pyridine rings is 1. The average molecular weight is 290 g/mol. The Kier molecular flexibility index (Phi) is 3.59. The van der Waals surface area contributed by atoms with Gasteiger partial charge in [-0.15, -0.1) is 13.2 Å². The number of ether oxygens (including phenoxy) is 1. The van der Waals surface area contributed by atoms with Gasteiger partial charge in [-0.05, 0) is 16.8 Å². The maximum Gasteiger partial charge on any atom is 0.573 e. The van der Waals surface area contributed by atoms with E-state index >= 15 is 0 Å². The second kappa shape index (κ2) is 4.55. The van der Waals surface area contributed by atoms with Crippen LogP contribution in [-0.4, -0.2) is 16.3 Å². The fourth-order valence-electron chi connectivity index (χ4n) is 1.22. The van der Waals surface area contributed by atoms with Crippen LogP contribution in [0.1, 0.15) is 11.1 Å². The van der Waals surface area contributed by atoms with Gasteiger partial charge in [-0.1, -0.05) is 0 Å². The molecule has 0 N–H and O–H groups in total. The molecule has 0 amide bonds. The number of rotatable bonds is 2. The highest BCUT2D eigenvalue weighted by Crippen LogP contribution is 2.40. The minimum atomic E-state index is -5.37. The minimum Gasteiger partial charge on any atom is -0.396 e. The predicted octanol–water partition coefficient (Wildman–Crippen LogP) is 3.22. The van der Waals surface area contributed by atoms with Crippen LogP contribution in [0, 0.1) is 17.0 Å². The van der Waals surface area contributed by atoms with Crippen LogP contribution in [0.4, 0.5) is 32.2 Å². The van der Waals surface area contributed by atoms with Crippen molar-refractivity contribution in [2.24, 2.45) is 0 Å². The Morgan fingerprint density at radius 1 is 1.26 bits per heavy atom. The summed E-state index contributed by atoms with van der Waals surface area (Å²) < 4.78 is 76.7. The summed E-state index contributed by atoms with van der Waals surface area (Å²) in [4.78, 5) is 11.8. The molecule has 11 heteroatoms. The molecular formula is C8H4F6N2O3. The van der Waals surface area contributed by atoms with Crippen molar-refractivity contribution in [2.45, 2.75) is 19.5 Å². The summed E-state index contributed by atoms with van der Waals surface area (Å²) in [6, 6.07) is 0. The topological polar surface area (TPSA) is 65.3 Å². The van der Waals surface area contributed by atoms with Crippen molar-refractivity contribution in [1.29, 1.82) is 0 Å². The van der Waals surface area contributed by atoms with Crippen molar-refractivity contribution in [1.82, 2.24) is 4.98 Å². The summed E-state index contributed by atoms with van der Waals surface area (Å²) in [5.74, 6) is -3.02. The lowest BCUT2D eigenvalue weighted by atomic mass is 10.1. The first-order valence-corrected chi connectivity index (χ1v) is 4.40. The summed E-state index contributed by atoms with van der Waals surface area (Å²) in [7, 11) is 0. The Bertz CT molecular complexity index is 510. The van der Waals surface area contributed by atoms with E-state index in [2.05, 4.69) is 9.72 Å². The molecule has 0 bridgehead atoms. The van der Waals surface area contributed by atoms with Gasteiger partial charge in [0.15, 0.2) is 6.20 Å². The summed E-state index contributed by atoms with van der Waals surface area (Å²) in [5, 5.41) is 10.4. The first kappa shape index (κ1) is 15.0. The maximum absolute atomic E-state index is 12.4. The number of aromatic nitrogens is 1. The molecule has 5 nitrogen and oxygen atoms in total. The van der Waals surface area contributed by atoms with E-state index in [0.29, 0.717) is 6.92 Å². The van der Waals surface area contributed by atoms with Gasteiger partial charge in [0.25, 0.3) is 0 Å². The highest BCUT2D eigenvalue weighted by molar-refractivity contribution is 5.50. The monoisotopic (exact) mass is 290 g/mol. The molecule has 0 radical (unpaired) electrons. The quantitative estimate of drug-likeness (QED) is 0.476. The first-order valence-electron chi connectivity index (χ1n) is 4.40. The van der Waals surface area contributed by atoms with Crippen molar-refractivity contribution in [3.63, 3.8) is 0 Å². The van der Waals surface area contributed by atoms with E-state index in [1.807, 2.05) is 0 Å². The summed E-state index contributed by atoms with van der Waals surface area (Å²) in [6.07, 6.45) is -10.3. The van der Waals surface area contributed by atoms with Crippen LogP contribution in [-0.2, 0) is 6.18 Å². The van der Waals surface area contributed by atoms with E-state index in [1.165, 1.54) is 0 Å². The first-order chi connectivity index (χ1) is 8.43. The van der Waals surface area contributed by atoms with Gasteiger partial charge in [0, 0.05) is 5.56 Å². The van der Waals surface area contributed by atoms with Crippen molar-refractivity contribution in [3.05, 3.63) is 27.4 Å². The van der Waals surface area contributed by atoms with Crippen molar-refractivity contribution < 1.29 is 36.0 Å². The number of alkyl halides is 6. The molecule has 0 unspecified atom stereocenters. The SMILES string of the molecule is Cc1c(C(F)(F)F)cnc([N+](=O)[O-])c1OC(F)(F)F. The van der Waals surface area contributed by atoms with Gasteiger partial charge < -0.3 is 14.9 Å². The van der Waals surface area contributed by atoms with Crippen molar-refractivity contribution >= 4 is 5.82 Å². The van der Waals surface area contributed by atoms with Crippen molar-refractivity contribution in [2.75, 3.05) is 0 Å². The van der Waals surface area contributed by atoms with Crippen LogP contribution in [0.3, 0.4) is 0 Å². The summed E-state index contributed by atoms with van der Waals surface area (Å²) >= 11 is 0. The number of nitrogens with zero attached hydrogens (tertiary/aromatic N) is 2. The number of nitro groups is 1. The number of hydrogen-bond donors (Lipinski definition) is 0. The fraction of sp³-hybridized carbons (Fsp3) is 0.375. The molecule has 0 aliphatic rings. The van der Waals surface area contributed by atoms with Crippen LogP contribution in [0.5, 0.6) is 5.75 Å². The molecule has 1 rings (SSSR count). The molecule has 1 aromatic heterocycles. The molecule has 0 aromatic carbocycles. The predicted molar refractivity (Wildman–Crippen MR) is 47.3 cm³/mol. The van der Waals surface area contributed by atoms with E-state index in [1.54, 1.807) is 0 Å². The lowest BCUT2D eigenvalue weighted by molar-refractivity contribution is -0.393.